The normalized spacial score (nSPS) is 18.6. The van der Waals surface area contributed by atoms with Crippen LogP contribution in [-0.4, -0.2) is 4.98 Å². The van der Waals surface area contributed by atoms with Crippen molar-refractivity contribution in [2.24, 2.45) is 0 Å². The predicted octanol–water partition coefficient (Wildman–Crippen LogP) is 2.24. The quantitative estimate of drug-likeness (QED) is 0.758. The number of rotatable bonds is 2. The Morgan fingerprint density at radius 1 is 1.62 bits per heavy atom. The smallest absolute Gasteiger partial charge is 0.147 e. The van der Waals surface area contributed by atoms with Gasteiger partial charge in [0.1, 0.15) is 5.82 Å². The van der Waals surface area contributed by atoms with Gasteiger partial charge in [0, 0.05) is 11.5 Å². The van der Waals surface area contributed by atoms with Crippen molar-refractivity contribution < 1.29 is 4.39 Å². The van der Waals surface area contributed by atoms with Crippen LogP contribution in [0, 0.1) is 5.82 Å². The van der Waals surface area contributed by atoms with E-state index in [2.05, 4.69) is 11.9 Å². The van der Waals surface area contributed by atoms with Crippen molar-refractivity contribution in [1.29, 1.82) is 0 Å². The third-order valence-corrected chi connectivity index (χ3v) is 2.89. The average Bonchev–Trinajstić information content (AvgIpc) is 2.85. The Bertz CT molecular complexity index is 332. The summed E-state index contributed by atoms with van der Waals surface area (Å²) in [5.74, 6) is -0.251. The molecule has 1 fully saturated rings. The van der Waals surface area contributed by atoms with Crippen LogP contribution < -0.4 is 5.73 Å². The number of pyridine rings is 1. The molecule has 0 aromatic carbocycles. The van der Waals surface area contributed by atoms with E-state index in [4.69, 9.17) is 5.73 Å². The average molecular weight is 180 g/mol. The third kappa shape index (κ3) is 1.28. The zero-order valence-corrected chi connectivity index (χ0v) is 7.68. The molecule has 1 aliphatic carbocycles. The summed E-state index contributed by atoms with van der Waals surface area (Å²) < 4.78 is 13.4. The minimum atomic E-state index is -0.251. The van der Waals surface area contributed by atoms with E-state index in [0.29, 0.717) is 11.4 Å². The SMILES string of the molecule is CCC1(c2ncc(N)cc2F)CC1. The van der Waals surface area contributed by atoms with Crippen molar-refractivity contribution in [3.8, 4) is 0 Å². The van der Waals surface area contributed by atoms with Gasteiger partial charge < -0.3 is 5.73 Å². The number of nitrogens with two attached hydrogens (primary N) is 1. The monoisotopic (exact) mass is 180 g/mol. The van der Waals surface area contributed by atoms with Crippen LogP contribution in [0.5, 0.6) is 0 Å². The maximum absolute atomic E-state index is 13.4. The molecule has 1 aliphatic rings. The summed E-state index contributed by atoms with van der Waals surface area (Å²) in [6.07, 6.45) is 4.60. The van der Waals surface area contributed by atoms with E-state index in [0.717, 1.165) is 19.3 Å². The molecule has 1 heterocycles. The molecule has 1 aromatic heterocycles. The fourth-order valence-electron chi connectivity index (χ4n) is 1.75. The molecule has 1 aromatic rings. The fourth-order valence-corrected chi connectivity index (χ4v) is 1.75. The van der Waals surface area contributed by atoms with Gasteiger partial charge in [-0.3, -0.25) is 4.98 Å². The van der Waals surface area contributed by atoms with Gasteiger partial charge in [-0.1, -0.05) is 6.92 Å². The number of aromatic nitrogens is 1. The van der Waals surface area contributed by atoms with Crippen molar-refractivity contribution in [2.75, 3.05) is 5.73 Å². The van der Waals surface area contributed by atoms with Crippen molar-refractivity contribution in [1.82, 2.24) is 4.98 Å². The van der Waals surface area contributed by atoms with Gasteiger partial charge >= 0.3 is 0 Å². The van der Waals surface area contributed by atoms with Crippen LogP contribution in [0.25, 0.3) is 0 Å². The Hall–Kier alpha value is -1.12. The second-order valence-electron chi connectivity index (χ2n) is 3.73. The Morgan fingerprint density at radius 2 is 2.31 bits per heavy atom. The van der Waals surface area contributed by atoms with Crippen LogP contribution in [-0.2, 0) is 5.41 Å². The lowest BCUT2D eigenvalue weighted by atomic mass is 9.98. The lowest BCUT2D eigenvalue weighted by Crippen LogP contribution is -2.10. The standard InChI is InChI=1S/C10H13FN2/c1-2-10(3-4-10)9-8(11)5-7(12)6-13-9/h5-6H,2-4,12H2,1H3. The molecule has 0 amide bonds. The van der Waals surface area contributed by atoms with Crippen LogP contribution in [0.3, 0.4) is 0 Å². The first-order valence-corrected chi connectivity index (χ1v) is 4.59. The highest BCUT2D eigenvalue weighted by atomic mass is 19.1. The maximum atomic E-state index is 13.4. The summed E-state index contributed by atoms with van der Waals surface area (Å²) in [4.78, 5) is 4.08. The summed E-state index contributed by atoms with van der Waals surface area (Å²) >= 11 is 0. The van der Waals surface area contributed by atoms with E-state index in [1.54, 1.807) is 0 Å². The zero-order valence-electron chi connectivity index (χ0n) is 7.68. The molecule has 2 rings (SSSR count). The highest BCUT2D eigenvalue weighted by Crippen LogP contribution is 2.50. The number of hydrogen-bond acceptors (Lipinski definition) is 2. The molecule has 70 valence electrons. The second kappa shape index (κ2) is 2.69. The number of anilines is 1. The Kier molecular flexibility index (Phi) is 1.75. The topological polar surface area (TPSA) is 38.9 Å². The van der Waals surface area contributed by atoms with Gasteiger partial charge in [0.05, 0.1) is 17.6 Å². The first kappa shape index (κ1) is 8.48. The predicted molar refractivity (Wildman–Crippen MR) is 49.8 cm³/mol. The number of nitrogen functional groups attached to an aromatic ring is 1. The molecule has 0 atom stereocenters. The fraction of sp³-hybridized carbons (Fsp3) is 0.500. The summed E-state index contributed by atoms with van der Waals surface area (Å²) in [5, 5.41) is 0. The van der Waals surface area contributed by atoms with E-state index in [1.165, 1.54) is 12.3 Å². The summed E-state index contributed by atoms with van der Waals surface area (Å²) in [7, 11) is 0. The van der Waals surface area contributed by atoms with Gasteiger partial charge in [-0.15, -0.1) is 0 Å². The molecular weight excluding hydrogens is 167 g/mol. The summed E-state index contributed by atoms with van der Waals surface area (Å²) in [5.41, 5.74) is 6.45. The van der Waals surface area contributed by atoms with Gasteiger partial charge in [-0.05, 0) is 19.3 Å². The molecule has 13 heavy (non-hydrogen) atoms. The van der Waals surface area contributed by atoms with Gasteiger partial charge in [-0.25, -0.2) is 4.39 Å². The molecular formula is C10H13FN2. The largest absolute Gasteiger partial charge is 0.397 e. The van der Waals surface area contributed by atoms with E-state index in [1.807, 2.05) is 0 Å². The summed E-state index contributed by atoms with van der Waals surface area (Å²) in [6.45, 7) is 2.07. The maximum Gasteiger partial charge on any atom is 0.147 e. The van der Waals surface area contributed by atoms with Crippen LogP contribution in [0.4, 0.5) is 10.1 Å². The summed E-state index contributed by atoms with van der Waals surface area (Å²) in [6, 6.07) is 1.36. The Balaban J connectivity index is 2.41. The molecule has 0 bridgehead atoms. The minimum absolute atomic E-state index is 0.0256. The third-order valence-electron chi connectivity index (χ3n) is 2.89. The highest BCUT2D eigenvalue weighted by Gasteiger charge is 2.45. The minimum Gasteiger partial charge on any atom is -0.397 e. The molecule has 3 heteroatoms. The Morgan fingerprint density at radius 3 is 2.77 bits per heavy atom. The van der Waals surface area contributed by atoms with Crippen molar-refractivity contribution in [2.45, 2.75) is 31.6 Å². The lowest BCUT2D eigenvalue weighted by Gasteiger charge is -2.12. The van der Waals surface area contributed by atoms with Crippen LogP contribution >= 0.6 is 0 Å². The van der Waals surface area contributed by atoms with Gasteiger partial charge in [-0.2, -0.15) is 0 Å². The molecule has 0 radical (unpaired) electrons. The van der Waals surface area contributed by atoms with Crippen molar-refractivity contribution >= 4 is 5.69 Å². The lowest BCUT2D eigenvalue weighted by molar-refractivity contribution is 0.543. The molecule has 0 aliphatic heterocycles. The van der Waals surface area contributed by atoms with Crippen LogP contribution in [0.15, 0.2) is 12.3 Å². The zero-order chi connectivity index (χ0) is 9.47. The van der Waals surface area contributed by atoms with Gasteiger partial charge in [0.2, 0.25) is 0 Å². The number of halogens is 1. The molecule has 0 spiro atoms. The molecule has 2 N–H and O–H groups in total. The number of hydrogen-bond donors (Lipinski definition) is 1. The van der Waals surface area contributed by atoms with Crippen molar-refractivity contribution in [3.63, 3.8) is 0 Å². The number of nitrogens with zero attached hydrogens (tertiary/aromatic N) is 1. The van der Waals surface area contributed by atoms with E-state index in [-0.39, 0.29) is 11.2 Å². The van der Waals surface area contributed by atoms with E-state index < -0.39 is 0 Å². The van der Waals surface area contributed by atoms with Crippen molar-refractivity contribution in [3.05, 3.63) is 23.8 Å². The molecule has 1 saturated carbocycles. The van der Waals surface area contributed by atoms with E-state index >= 15 is 0 Å². The first-order valence-electron chi connectivity index (χ1n) is 4.59. The first-order chi connectivity index (χ1) is 6.18. The van der Waals surface area contributed by atoms with Crippen LogP contribution in [0.1, 0.15) is 31.9 Å². The van der Waals surface area contributed by atoms with Gasteiger partial charge in [0.25, 0.3) is 0 Å². The Labute approximate surface area is 77.0 Å². The van der Waals surface area contributed by atoms with E-state index in [9.17, 15) is 4.39 Å². The van der Waals surface area contributed by atoms with Crippen LogP contribution in [0.2, 0.25) is 0 Å². The molecule has 0 unspecified atom stereocenters. The van der Waals surface area contributed by atoms with Gasteiger partial charge in [0.15, 0.2) is 0 Å². The molecule has 0 saturated heterocycles. The second-order valence-corrected chi connectivity index (χ2v) is 3.73. The highest BCUT2D eigenvalue weighted by molar-refractivity contribution is 5.38. The molecule has 2 nitrogen and oxygen atoms in total.